The van der Waals surface area contributed by atoms with Crippen LogP contribution in [-0.2, 0) is 10.8 Å². The Morgan fingerprint density at radius 1 is 0.739 bits per heavy atom. The topological polar surface area (TPSA) is 0 Å². The van der Waals surface area contributed by atoms with Crippen molar-refractivity contribution in [2.24, 2.45) is 0 Å². The van der Waals surface area contributed by atoms with Crippen LogP contribution in [0.2, 0.25) is 0 Å². The minimum atomic E-state index is 0.0922. The highest BCUT2D eigenvalue weighted by Crippen LogP contribution is 2.47. The molecule has 23 heavy (non-hydrogen) atoms. The molecule has 2 rings (SSSR count). The highest BCUT2D eigenvalue weighted by molar-refractivity contribution is 7.98. The van der Waals surface area contributed by atoms with Gasteiger partial charge >= 0.3 is 0 Å². The van der Waals surface area contributed by atoms with Gasteiger partial charge in [0.25, 0.3) is 0 Å². The molecule has 0 saturated carbocycles. The van der Waals surface area contributed by atoms with Gasteiger partial charge in [-0.2, -0.15) is 11.8 Å². The molecule has 0 aliphatic heterocycles. The standard InChI is InChI=1S/C22H30S/c1-21(2,19-13-7-5-8-14-19)22(3,17-11-12-18-23-4)20-15-9-6-10-16-20/h5-10,13-16H,11-12,17-18H2,1-4H3/t22-/m1/s1. The fraction of sp³-hybridized carbons (Fsp3) is 0.455. The van der Waals surface area contributed by atoms with Gasteiger partial charge in [0, 0.05) is 5.41 Å². The third-order valence-corrected chi connectivity index (χ3v) is 6.26. The third-order valence-electron chi connectivity index (χ3n) is 5.56. The highest BCUT2D eigenvalue weighted by atomic mass is 32.2. The maximum absolute atomic E-state index is 2.45. The predicted molar refractivity (Wildman–Crippen MR) is 105 cm³/mol. The lowest BCUT2D eigenvalue weighted by Crippen LogP contribution is -2.43. The van der Waals surface area contributed by atoms with E-state index in [0.29, 0.717) is 0 Å². The molecule has 0 N–H and O–H groups in total. The minimum absolute atomic E-state index is 0.0922. The van der Waals surface area contributed by atoms with Crippen molar-refractivity contribution >= 4 is 11.8 Å². The molecule has 0 saturated heterocycles. The number of hydrogen-bond donors (Lipinski definition) is 0. The van der Waals surface area contributed by atoms with Crippen LogP contribution in [-0.4, -0.2) is 12.0 Å². The van der Waals surface area contributed by atoms with Crippen LogP contribution in [0.25, 0.3) is 0 Å². The Hall–Kier alpha value is -1.21. The number of benzene rings is 2. The lowest BCUT2D eigenvalue weighted by Gasteiger charge is -2.46. The number of hydrogen-bond acceptors (Lipinski definition) is 1. The maximum Gasteiger partial charge on any atom is 0.00162 e. The lowest BCUT2D eigenvalue weighted by atomic mass is 9.58. The van der Waals surface area contributed by atoms with E-state index in [1.54, 1.807) is 0 Å². The summed E-state index contributed by atoms with van der Waals surface area (Å²) in [4.78, 5) is 0. The van der Waals surface area contributed by atoms with E-state index < -0.39 is 0 Å². The van der Waals surface area contributed by atoms with Crippen LogP contribution < -0.4 is 0 Å². The Morgan fingerprint density at radius 3 is 1.78 bits per heavy atom. The summed E-state index contributed by atoms with van der Waals surface area (Å²) in [7, 11) is 0. The predicted octanol–water partition coefficient (Wildman–Crippen LogP) is 6.46. The molecule has 2 aromatic rings. The summed E-state index contributed by atoms with van der Waals surface area (Å²) in [6.07, 6.45) is 6.00. The summed E-state index contributed by atoms with van der Waals surface area (Å²) in [6.45, 7) is 7.27. The van der Waals surface area contributed by atoms with Gasteiger partial charge in [0.05, 0.1) is 0 Å². The van der Waals surface area contributed by atoms with Crippen molar-refractivity contribution in [3.63, 3.8) is 0 Å². The first-order chi connectivity index (χ1) is 11.0. The van der Waals surface area contributed by atoms with E-state index >= 15 is 0 Å². The highest BCUT2D eigenvalue weighted by Gasteiger charge is 2.42. The Kier molecular flexibility index (Phi) is 6.35. The molecule has 0 heterocycles. The van der Waals surface area contributed by atoms with Crippen LogP contribution >= 0.6 is 11.8 Å². The van der Waals surface area contributed by atoms with E-state index in [2.05, 4.69) is 87.7 Å². The van der Waals surface area contributed by atoms with Gasteiger partial charge < -0.3 is 0 Å². The second kappa shape index (κ2) is 8.06. The zero-order chi connectivity index (χ0) is 16.8. The summed E-state index contributed by atoms with van der Waals surface area (Å²) in [6, 6.07) is 22.1. The third kappa shape index (κ3) is 4.01. The minimum Gasteiger partial charge on any atom is -0.165 e. The number of unbranched alkanes of at least 4 members (excludes halogenated alkanes) is 1. The second-order valence-corrected chi connectivity index (χ2v) is 8.12. The van der Waals surface area contributed by atoms with E-state index in [-0.39, 0.29) is 10.8 Å². The van der Waals surface area contributed by atoms with Crippen LogP contribution in [0.1, 0.15) is 51.2 Å². The molecule has 1 atom stereocenters. The molecule has 124 valence electrons. The van der Waals surface area contributed by atoms with E-state index in [1.807, 2.05) is 11.8 Å². The van der Waals surface area contributed by atoms with E-state index in [1.165, 1.54) is 36.1 Å². The molecule has 0 aliphatic carbocycles. The van der Waals surface area contributed by atoms with Gasteiger partial charge in [-0.1, -0.05) is 87.9 Å². The molecule has 0 unspecified atom stereocenters. The first-order valence-electron chi connectivity index (χ1n) is 8.62. The average molecular weight is 327 g/mol. The average Bonchev–Trinajstić information content (AvgIpc) is 2.60. The molecule has 0 radical (unpaired) electrons. The smallest absolute Gasteiger partial charge is 0.00162 e. The zero-order valence-corrected chi connectivity index (χ0v) is 15.8. The molecule has 2 aromatic carbocycles. The van der Waals surface area contributed by atoms with Crippen molar-refractivity contribution in [1.82, 2.24) is 0 Å². The van der Waals surface area contributed by atoms with Crippen molar-refractivity contribution in [2.75, 3.05) is 12.0 Å². The van der Waals surface area contributed by atoms with Crippen molar-refractivity contribution in [3.05, 3.63) is 71.8 Å². The number of thioether (sulfide) groups is 1. The Labute approximate surface area is 146 Å². The van der Waals surface area contributed by atoms with Crippen molar-refractivity contribution < 1.29 is 0 Å². The Bertz CT molecular complexity index is 573. The molecule has 0 aromatic heterocycles. The van der Waals surface area contributed by atoms with Crippen LogP contribution in [0, 0.1) is 0 Å². The Morgan fingerprint density at radius 2 is 1.26 bits per heavy atom. The molecule has 1 heteroatoms. The summed E-state index contributed by atoms with van der Waals surface area (Å²) >= 11 is 1.95. The fourth-order valence-corrected chi connectivity index (χ4v) is 4.01. The Balaban J connectivity index is 2.36. The monoisotopic (exact) mass is 326 g/mol. The van der Waals surface area contributed by atoms with Gasteiger partial charge in [-0.3, -0.25) is 0 Å². The quantitative estimate of drug-likeness (QED) is 0.502. The van der Waals surface area contributed by atoms with Crippen LogP contribution in [0.3, 0.4) is 0 Å². The summed E-state index contributed by atoms with van der Waals surface area (Å²) in [5.41, 5.74) is 3.11. The fourth-order valence-electron chi connectivity index (χ4n) is 3.52. The summed E-state index contributed by atoms with van der Waals surface area (Å²) in [5.74, 6) is 1.26. The van der Waals surface area contributed by atoms with E-state index in [9.17, 15) is 0 Å². The van der Waals surface area contributed by atoms with Gasteiger partial charge in [0.2, 0.25) is 0 Å². The van der Waals surface area contributed by atoms with Crippen LogP contribution in [0.4, 0.5) is 0 Å². The summed E-state index contributed by atoms with van der Waals surface area (Å²) in [5, 5.41) is 0. The molecular formula is C22H30S. The summed E-state index contributed by atoms with van der Waals surface area (Å²) < 4.78 is 0. The maximum atomic E-state index is 2.45. The van der Waals surface area contributed by atoms with Gasteiger partial charge in [-0.05, 0) is 41.4 Å². The normalized spacial score (nSPS) is 14.4. The molecule has 0 bridgehead atoms. The molecule has 0 aliphatic rings. The SMILES string of the molecule is CSCCCC[C@](C)(c1ccccc1)C(C)(C)c1ccccc1. The number of rotatable bonds is 8. The molecular weight excluding hydrogens is 296 g/mol. The first-order valence-corrected chi connectivity index (χ1v) is 10.0. The zero-order valence-electron chi connectivity index (χ0n) is 15.0. The van der Waals surface area contributed by atoms with E-state index in [4.69, 9.17) is 0 Å². The van der Waals surface area contributed by atoms with Crippen molar-refractivity contribution in [2.45, 2.75) is 50.9 Å². The molecule has 0 fully saturated rings. The molecule has 0 nitrogen and oxygen atoms in total. The van der Waals surface area contributed by atoms with Gasteiger partial charge in [0.15, 0.2) is 0 Å². The van der Waals surface area contributed by atoms with Gasteiger partial charge in [0.1, 0.15) is 0 Å². The van der Waals surface area contributed by atoms with Crippen molar-refractivity contribution in [1.29, 1.82) is 0 Å². The largest absolute Gasteiger partial charge is 0.165 e. The second-order valence-electron chi connectivity index (χ2n) is 7.14. The van der Waals surface area contributed by atoms with Crippen LogP contribution in [0.15, 0.2) is 60.7 Å². The van der Waals surface area contributed by atoms with Crippen LogP contribution in [0.5, 0.6) is 0 Å². The lowest BCUT2D eigenvalue weighted by molar-refractivity contribution is 0.251. The van der Waals surface area contributed by atoms with Gasteiger partial charge in [-0.15, -0.1) is 0 Å². The van der Waals surface area contributed by atoms with E-state index in [0.717, 1.165) is 0 Å². The van der Waals surface area contributed by atoms with Gasteiger partial charge in [-0.25, -0.2) is 0 Å². The van der Waals surface area contributed by atoms with Crippen molar-refractivity contribution in [3.8, 4) is 0 Å². The molecule has 0 amide bonds. The first kappa shape index (κ1) is 18.1. The molecule has 0 spiro atoms.